The van der Waals surface area contributed by atoms with Crippen LogP contribution in [0.5, 0.6) is 0 Å². The van der Waals surface area contributed by atoms with E-state index in [-0.39, 0.29) is 30.8 Å². The van der Waals surface area contributed by atoms with Crippen molar-refractivity contribution >= 4 is 17.8 Å². The summed E-state index contributed by atoms with van der Waals surface area (Å²) in [5.74, 6) is -1.11. The van der Waals surface area contributed by atoms with E-state index in [4.69, 9.17) is 4.74 Å². The second-order valence-corrected chi connectivity index (χ2v) is 6.88. The van der Waals surface area contributed by atoms with Crippen LogP contribution in [-0.4, -0.2) is 72.1 Å². The third kappa shape index (κ3) is 3.06. The van der Waals surface area contributed by atoms with E-state index in [9.17, 15) is 19.5 Å². The number of likely N-dealkylation sites (tertiary alicyclic amines) is 2. The van der Waals surface area contributed by atoms with Crippen LogP contribution in [-0.2, 0) is 19.1 Å². The third-order valence-electron chi connectivity index (χ3n) is 5.48. The minimum absolute atomic E-state index is 0.0312. The summed E-state index contributed by atoms with van der Waals surface area (Å²) in [6.45, 7) is 2.15. The highest BCUT2D eigenvalue weighted by atomic mass is 16.5. The monoisotopic (exact) mass is 324 g/mol. The maximum absolute atomic E-state index is 12.6. The number of carboxylic acids is 1. The summed E-state index contributed by atoms with van der Waals surface area (Å²) >= 11 is 0. The highest BCUT2D eigenvalue weighted by Crippen LogP contribution is 2.42. The highest BCUT2D eigenvalue weighted by molar-refractivity contribution is 5.86. The Morgan fingerprint density at radius 2 is 2.13 bits per heavy atom. The lowest BCUT2D eigenvalue weighted by atomic mass is 9.74. The predicted molar refractivity (Wildman–Crippen MR) is 80.6 cm³/mol. The van der Waals surface area contributed by atoms with E-state index in [2.05, 4.69) is 0 Å². The molecule has 7 nitrogen and oxygen atoms in total. The summed E-state index contributed by atoms with van der Waals surface area (Å²) in [6, 6.07) is 0. The first-order valence-electron chi connectivity index (χ1n) is 8.39. The van der Waals surface area contributed by atoms with Crippen LogP contribution < -0.4 is 0 Å². The number of rotatable bonds is 3. The lowest BCUT2D eigenvalue weighted by Gasteiger charge is -2.33. The molecule has 0 aliphatic carbocycles. The number of carboxylic acid groups (broad SMARTS) is 1. The molecule has 2 atom stereocenters. The molecule has 3 aliphatic heterocycles. The Bertz CT molecular complexity index is 509. The lowest BCUT2D eigenvalue weighted by molar-refractivity contribution is -0.157. The predicted octanol–water partition coefficient (Wildman–Crippen LogP) is 0.339. The van der Waals surface area contributed by atoms with E-state index in [1.807, 2.05) is 0 Å². The minimum Gasteiger partial charge on any atom is -0.481 e. The molecule has 0 spiro atoms. The Kier molecular flexibility index (Phi) is 4.57. The van der Waals surface area contributed by atoms with Crippen LogP contribution in [0.15, 0.2) is 0 Å². The van der Waals surface area contributed by atoms with Crippen molar-refractivity contribution < 1.29 is 24.2 Å². The summed E-state index contributed by atoms with van der Waals surface area (Å²) in [4.78, 5) is 39.6. The standard InChI is InChI=1S/C16H24N2O5/c19-13-4-2-1-3-6-17(13)9-14(20)18-8-12-10-23-7-5-16(12,11-18)15(21)22/h12H,1-11H2,(H,21,22)/t12-,16+/m0/s1. The van der Waals surface area contributed by atoms with Gasteiger partial charge in [-0.25, -0.2) is 0 Å². The third-order valence-corrected chi connectivity index (χ3v) is 5.48. The molecule has 3 saturated heterocycles. The molecule has 0 saturated carbocycles. The number of hydrogen-bond donors (Lipinski definition) is 1. The van der Waals surface area contributed by atoms with Crippen molar-refractivity contribution in [1.82, 2.24) is 9.80 Å². The van der Waals surface area contributed by atoms with Gasteiger partial charge in [-0.1, -0.05) is 6.42 Å². The second-order valence-electron chi connectivity index (χ2n) is 6.88. The van der Waals surface area contributed by atoms with Crippen LogP contribution in [0, 0.1) is 11.3 Å². The van der Waals surface area contributed by atoms with Crippen molar-refractivity contribution in [2.24, 2.45) is 11.3 Å². The van der Waals surface area contributed by atoms with Gasteiger partial charge in [-0.3, -0.25) is 14.4 Å². The van der Waals surface area contributed by atoms with E-state index >= 15 is 0 Å². The summed E-state index contributed by atoms with van der Waals surface area (Å²) < 4.78 is 5.40. The van der Waals surface area contributed by atoms with Crippen LogP contribution in [0.4, 0.5) is 0 Å². The van der Waals surface area contributed by atoms with Crippen molar-refractivity contribution in [2.45, 2.75) is 32.1 Å². The van der Waals surface area contributed by atoms with Gasteiger partial charge in [0.1, 0.15) is 0 Å². The first-order valence-corrected chi connectivity index (χ1v) is 8.39. The molecule has 23 heavy (non-hydrogen) atoms. The molecule has 128 valence electrons. The van der Waals surface area contributed by atoms with Gasteiger partial charge in [0, 0.05) is 38.6 Å². The zero-order chi connectivity index (χ0) is 16.4. The fourth-order valence-corrected chi connectivity index (χ4v) is 3.96. The molecular formula is C16H24N2O5. The Morgan fingerprint density at radius 1 is 1.30 bits per heavy atom. The van der Waals surface area contributed by atoms with Gasteiger partial charge in [0.15, 0.2) is 0 Å². The first-order chi connectivity index (χ1) is 11.0. The lowest BCUT2D eigenvalue weighted by Crippen LogP contribution is -2.46. The maximum Gasteiger partial charge on any atom is 0.311 e. The van der Waals surface area contributed by atoms with Crippen molar-refractivity contribution in [3.63, 3.8) is 0 Å². The van der Waals surface area contributed by atoms with Crippen molar-refractivity contribution in [2.75, 3.05) is 39.4 Å². The van der Waals surface area contributed by atoms with Gasteiger partial charge in [-0.05, 0) is 19.3 Å². The van der Waals surface area contributed by atoms with Crippen molar-refractivity contribution in [3.8, 4) is 0 Å². The number of amides is 2. The molecule has 0 radical (unpaired) electrons. The van der Waals surface area contributed by atoms with Gasteiger partial charge < -0.3 is 19.6 Å². The smallest absolute Gasteiger partial charge is 0.311 e. The largest absolute Gasteiger partial charge is 0.481 e. The highest BCUT2D eigenvalue weighted by Gasteiger charge is 2.54. The van der Waals surface area contributed by atoms with Crippen molar-refractivity contribution in [1.29, 1.82) is 0 Å². The van der Waals surface area contributed by atoms with Gasteiger partial charge in [0.25, 0.3) is 0 Å². The molecule has 0 unspecified atom stereocenters. The van der Waals surface area contributed by atoms with Crippen LogP contribution >= 0.6 is 0 Å². The molecule has 1 N–H and O–H groups in total. The molecule has 0 aromatic carbocycles. The van der Waals surface area contributed by atoms with Crippen LogP contribution in [0.25, 0.3) is 0 Å². The zero-order valence-electron chi connectivity index (χ0n) is 13.3. The van der Waals surface area contributed by atoms with Crippen LogP contribution in [0.1, 0.15) is 32.1 Å². The molecule has 3 rings (SSSR count). The number of nitrogens with zero attached hydrogens (tertiary/aromatic N) is 2. The molecule has 0 bridgehead atoms. The van der Waals surface area contributed by atoms with E-state index in [0.717, 1.165) is 19.3 Å². The molecule has 3 fully saturated rings. The number of hydrogen-bond acceptors (Lipinski definition) is 4. The summed E-state index contributed by atoms with van der Waals surface area (Å²) in [7, 11) is 0. The fourth-order valence-electron chi connectivity index (χ4n) is 3.96. The zero-order valence-corrected chi connectivity index (χ0v) is 13.3. The Balaban J connectivity index is 1.66. The number of carbonyl (C=O) groups excluding carboxylic acids is 2. The van der Waals surface area contributed by atoms with E-state index in [1.54, 1.807) is 9.80 Å². The average Bonchev–Trinajstić information content (AvgIpc) is 2.83. The Hall–Kier alpha value is -1.63. The minimum atomic E-state index is -0.878. The number of carbonyl (C=O) groups is 3. The Labute approximate surface area is 135 Å². The average molecular weight is 324 g/mol. The molecule has 0 aromatic rings. The number of fused-ring (bicyclic) bond motifs is 1. The van der Waals surface area contributed by atoms with Gasteiger partial charge >= 0.3 is 5.97 Å². The Morgan fingerprint density at radius 3 is 2.87 bits per heavy atom. The SMILES string of the molecule is O=C1CCCCCN1CC(=O)N1C[C@H]2COCC[C@@]2(C(=O)O)C1. The van der Waals surface area contributed by atoms with Gasteiger partial charge in [-0.2, -0.15) is 0 Å². The molecule has 3 aliphatic rings. The van der Waals surface area contributed by atoms with Gasteiger partial charge in [0.2, 0.25) is 11.8 Å². The summed E-state index contributed by atoms with van der Waals surface area (Å²) in [5.41, 5.74) is -0.878. The molecule has 3 heterocycles. The molecule has 7 heteroatoms. The van der Waals surface area contributed by atoms with E-state index in [1.165, 1.54) is 0 Å². The topological polar surface area (TPSA) is 87.2 Å². The second kappa shape index (κ2) is 6.47. The van der Waals surface area contributed by atoms with Crippen molar-refractivity contribution in [3.05, 3.63) is 0 Å². The first kappa shape index (κ1) is 16.2. The number of ether oxygens (including phenoxy) is 1. The van der Waals surface area contributed by atoms with E-state index < -0.39 is 11.4 Å². The molecular weight excluding hydrogens is 300 g/mol. The molecule has 2 amide bonds. The summed E-state index contributed by atoms with van der Waals surface area (Å²) in [6.07, 6.45) is 3.77. The fraction of sp³-hybridized carbons (Fsp3) is 0.812. The quantitative estimate of drug-likeness (QED) is 0.809. The number of aliphatic carboxylic acids is 1. The van der Waals surface area contributed by atoms with Gasteiger partial charge in [-0.15, -0.1) is 0 Å². The molecule has 0 aromatic heterocycles. The van der Waals surface area contributed by atoms with Crippen LogP contribution in [0.2, 0.25) is 0 Å². The normalized spacial score (nSPS) is 31.7. The maximum atomic E-state index is 12.6. The van der Waals surface area contributed by atoms with E-state index in [0.29, 0.717) is 39.1 Å². The van der Waals surface area contributed by atoms with Gasteiger partial charge in [0.05, 0.1) is 18.6 Å². The summed E-state index contributed by atoms with van der Waals surface area (Å²) in [5, 5.41) is 9.64. The van der Waals surface area contributed by atoms with Crippen LogP contribution in [0.3, 0.4) is 0 Å².